The van der Waals surface area contributed by atoms with Gasteiger partial charge >= 0.3 is 0 Å². The van der Waals surface area contributed by atoms with Crippen LogP contribution in [0.5, 0.6) is 5.75 Å². The van der Waals surface area contributed by atoms with Crippen LogP contribution in [0.4, 0.5) is 5.69 Å². The molecule has 2 heterocycles. The number of carbonyl (C=O) groups is 3. The van der Waals surface area contributed by atoms with Gasteiger partial charge in [-0.05, 0) is 30.7 Å². The molecule has 4 rings (SSSR count). The van der Waals surface area contributed by atoms with Crippen molar-refractivity contribution >= 4 is 45.9 Å². The number of hydrogen-bond donors (Lipinski definition) is 1. The first-order valence-corrected chi connectivity index (χ1v) is 10.4. The Hall–Kier alpha value is -3.65. The SMILES string of the molecule is COc1cc(C(=O)N2CCCN2C(=O)c2cccc(NC(C)=O)c2Cl)nc2ccccc12. The molecule has 0 unspecified atom stereocenters. The highest BCUT2D eigenvalue weighted by Crippen LogP contribution is 2.30. The average molecular weight is 453 g/mol. The van der Waals surface area contributed by atoms with Crippen molar-refractivity contribution in [3.8, 4) is 5.75 Å². The van der Waals surface area contributed by atoms with E-state index in [9.17, 15) is 14.4 Å². The lowest BCUT2D eigenvalue weighted by atomic mass is 10.1. The first-order chi connectivity index (χ1) is 15.4. The third-order valence-electron chi connectivity index (χ3n) is 5.16. The molecule has 32 heavy (non-hydrogen) atoms. The van der Waals surface area contributed by atoms with Crippen LogP contribution in [0.25, 0.3) is 10.9 Å². The van der Waals surface area contributed by atoms with E-state index in [-0.39, 0.29) is 22.2 Å². The number of fused-ring (bicyclic) bond motifs is 1. The van der Waals surface area contributed by atoms with Gasteiger partial charge in [-0.3, -0.25) is 14.4 Å². The van der Waals surface area contributed by atoms with Crippen molar-refractivity contribution in [3.63, 3.8) is 0 Å². The third kappa shape index (κ3) is 3.97. The van der Waals surface area contributed by atoms with E-state index in [1.54, 1.807) is 30.3 Å². The summed E-state index contributed by atoms with van der Waals surface area (Å²) in [5.74, 6) is -0.609. The topological polar surface area (TPSA) is 91.8 Å². The number of benzene rings is 2. The number of pyridine rings is 1. The Kier molecular flexibility index (Phi) is 5.96. The zero-order valence-electron chi connectivity index (χ0n) is 17.6. The number of methoxy groups -OCH3 is 1. The number of hydrazine groups is 1. The van der Waals surface area contributed by atoms with Crippen LogP contribution in [-0.4, -0.2) is 52.9 Å². The smallest absolute Gasteiger partial charge is 0.291 e. The molecule has 1 aliphatic heterocycles. The van der Waals surface area contributed by atoms with Crippen molar-refractivity contribution in [2.75, 3.05) is 25.5 Å². The molecule has 1 aliphatic rings. The molecule has 0 atom stereocenters. The second-order valence-corrected chi connectivity index (χ2v) is 7.66. The lowest BCUT2D eigenvalue weighted by molar-refractivity contribution is -0.114. The van der Waals surface area contributed by atoms with Crippen LogP contribution >= 0.6 is 11.6 Å². The summed E-state index contributed by atoms with van der Waals surface area (Å²) >= 11 is 6.38. The molecular formula is C23H21ClN4O4. The summed E-state index contributed by atoms with van der Waals surface area (Å²) in [4.78, 5) is 42.5. The average Bonchev–Trinajstić information content (AvgIpc) is 3.28. The molecule has 9 heteroatoms. The maximum Gasteiger partial charge on any atom is 0.291 e. The van der Waals surface area contributed by atoms with Crippen molar-refractivity contribution in [3.05, 3.63) is 64.8 Å². The van der Waals surface area contributed by atoms with Crippen molar-refractivity contribution in [1.82, 2.24) is 15.0 Å². The Morgan fingerprint density at radius 3 is 2.47 bits per heavy atom. The molecule has 1 fully saturated rings. The number of para-hydroxylation sites is 1. The molecule has 0 spiro atoms. The number of nitrogens with zero attached hydrogens (tertiary/aromatic N) is 3. The number of amides is 3. The molecule has 1 N–H and O–H groups in total. The number of aromatic nitrogens is 1. The fourth-order valence-electron chi connectivity index (χ4n) is 3.71. The van der Waals surface area contributed by atoms with E-state index in [1.165, 1.54) is 24.1 Å². The fraction of sp³-hybridized carbons (Fsp3) is 0.217. The summed E-state index contributed by atoms with van der Waals surface area (Å²) < 4.78 is 5.44. The van der Waals surface area contributed by atoms with Crippen LogP contribution in [0, 0.1) is 0 Å². The molecule has 0 saturated carbocycles. The van der Waals surface area contributed by atoms with Gasteiger partial charge in [0.15, 0.2) is 0 Å². The number of halogens is 1. The molecule has 1 saturated heterocycles. The van der Waals surface area contributed by atoms with Crippen LogP contribution in [0.2, 0.25) is 5.02 Å². The summed E-state index contributed by atoms with van der Waals surface area (Å²) in [6, 6.07) is 13.7. The van der Waals surface area contributed by atoms with Gasteiger partial charge in [-0.25, -0.2) is 15.0 Å². The molecule has 164 valence electrons. The fourth-order valence-corrected chi connectivity index (χ4v) is 3.96. The minimum absolute atomic E-state index is 0.123. The number of hydrogen-bond acceptors (Lipinski definition) is 5. The van der Waals surface area contributed by atoms with E-state index in [4.69, 9.17) is 16.3 Å². The van der Waals surface area contributed by atoms with E-state index in [0.717, 1.165) is 5.39 Å². The van der Waals surface area contributed by atoms with E-state index >= 15 is 0 Å². The van der Waals surface area contributed by atoms with Crippen LogP contribution in [0.15, 0.2) is 48.5 Å². The van der Waals surface area contributed by atoms with E-state index in [0.29, 0.717) is 36.5 Å². The highest BCUT2D eigenvalue weighted by Gasteiger charge is 2.34. The molecule has 1 aromatic heterocycles. The van der Waals surface area contributed by atoms with Crippen molar-refractivity contribution < 1.29 is 19.1 Å². The predicted molar refractivity (Wildman–Crippen MR) is 121 cm³/mol. The maximum atomic E-state index is 13.3. The number of ether oxygens (including phenoxy) is 1. The summed E-state index contributed by atoms with van der Waals surface area (Å²) in [5, 5.41) is 6.26. The monoisotopic (exact) mass is 452 g/mol. The molecule has 0 radical (unpaired) electrons. The highest BCUT2D eigenvalue weighted by molar-refractivity contribution is 6.36. The van der Waals surface area contributed by atoms with Crippen LogP contribution in [0.3, 0.4) is 0 Å². The van der Waals surface area contributed by atoms with Crippen LogP contribution in [0.1, 0.15) is 34.2 Å². The zero-order chi connectivity index (χ0) is 22.8. The van der Waals surface area contributed by atoms with Gasteiger partial charge in [-0.1, -0.05) is 29.8 Å². The molecule has 0 bridgehead atoms. The van der Waals surface area contributed by atoms with Gasteiger partial charge in [0.2, 0.25) is 5.91 Å². The van der Waals surface area contributed by atoms with Gasteiger partial charge in [-0.15, -0.1) is 0 Å². The van der Waals surface area contributed by atoms with Gasteiger partial charge < -0.3 is 10.1 Å². The first-order valence-electron chi connectivity index (χ1n) is 10.0. The number of anilines is 1. The Balaban J connectivity index is 1.66. The summed E-state index contributed by atoms with van der Waals surface area (Å²) in [6.07, 6.45) is 0.616. The van der Waals surface area contributed by atoms with Crippen molar-refractivity contribution in [2.45, 2.75) is 13.3 Å². The van der Waals surface area contributed by atoms with Gasteiger partial charge in [0.05, 0.1) is 28.9 Å². The summed E-state index contributed by atoms with van der Waals surface area (Å²) in [5.41, 5.74) is 1.33. The Morgan fingerprint density at radius 1 is 1.03 bits per heavy atom. The van der Waals surface area contributed by atoms with Crippen LogP contribution < -0.4 is 10.1 Å². The molecule has 2 aromatic carbocycles. The minimum Gasteiger partial charge on any atom is -0.496 e. The third-order valence-corrected chi connectivity index (χ3v) is 5.56. The maximum absolute atomic E-state index is 13.3. The Bertz CT molecular complexity index is 1230. The summed E-state index contributed by atoms with van der Waals surface area (Å²) in [6.45, 7) is 2.08. The first kappa shape index (κ1) is 21.6. The molecular weight excluding hydrogens is 432 g/mol. The van der Waals surface area contributed by atoms with E-state index in [2.05, 4.69) is 10.3 Å². The highest BCUT2D eigenvalue weighted by atomic mass is 35.5. The van der Waals surface area contributed by atoms with E-state index in [1.807, 2.05) is 18.2 Å². The Morgan fingerprint density at radius 2 is 1.75 bits per heavy atom. The van der Waals surface area contributed by atoms with Gasteiger partial charge in [-0.2, -0.15) is 0 Å². The quantitative estimate of drug-likeness (QED) is 0.650. The van der Waals surface area contributed by atoms with Crippen molar-refractivity contribution in [1.29, 1.82) is 0 Å². The normalized spacial score (nSPS) is 13.3. The second-order valence-electron chi connectivity index (χ2n) is 7.29. The molecule has 8 nitrogen and oxygen atoms in total. The number of carbonyl (C=O) groups excluding carboxylic acids is 3. The van der Waals surface area contributed by atoms with Crippen molar-refractivity contribution in [2.24, 2.45) is 0 Å². The van der Waals surface area contributed by atoms with Crippen LogP contribution in [-0.2, 0) is 4.79 Å². The molecule has 3 amide bonds. The Labute approximate surface area is 189 Å². The lowest BCUT2D eigenvalue weighted by Crippen LogP contribution is -2.45. The minimum atomic E-state index is -0.430. The van der Waals surface area contributed by atoms with Gasteiger partial charge in [0.1, 0.15) is 11.4 Å². The standard InChI is InChI=1S/C23H21ClN4O4/c1-14(29)25-18-10-5-8-16(21(18)24)22(30)27-11-6-12-28(27)23(31)19-13-20(32-2)15-7-3-4-9-17(15)26-19/h3-5,7-10,13H,6,11-12H2,1-2H3,(H,25,29). The molecule has 3 aromatic rings. The zero-order valence-corrected chi connectivity index (χ0v) is 18.3. The van der Waals surface area contributed by atoms with Gasteiger partial charge in [0, 0.05) is 31.5 Å². The molecule has 0 aliphatic carbocycles. The largest absolute Gasteiger partial charge is 0.496 e. The number of rotatable bonds is 4. The second kappa shape index (κ2) is 8.84. The van der Waals surface area contributed by atoms with Gasteiger partial charge in [0.25, 0.3) is 11.8 Å². The lowest BCUT2D eigenvalue weighted by Gasteiger charge is -2.28. The number of nitrogens with one attached hydrogen (secondary N) is 1. The van der Waals surface area contributed by atoms with E-state index < -0.39 is 11.8 Å². The predicted octanol–water partition coefficient (Wildman–Crippen LogP) is 3.76. The summed E-state index contributed by atoms with van der Waals surface area (Å²) in [7, 11) is 1.53.